The van der Waals surface area contributed by atoms with Gasteiger partial charge in [-0.15, -0.1) is 0 Å². The molecule has 6 heteroatoms. The van der Waals surface area contributed by atoms with Gasteiger partial charge < -0.3 is 9.84 Å². The highest BCUT2D eigenvalue weighted by Crippen LogP contribution is 2.39. The Morgan fingerprint density at radius 3 is 2.70 bits per heavy atom. The molecule has 0 bridgehead atoms. The summed E-state index contributed by atoms with van der Waals surface area (Å²) in [4.78, 5) is 0. The van der Waals surface area contributed by atoms with Gasteiger partial charge in [-0.05, 0) is 42.5 Å². The third kappa shape index (κ3) is 3.57. The molecule has 3 aromatic rings. The van der Waals surface area contributed by atoms with Crippen LogP contribution in [0.15, 0.2) is 42.5 Å². The molecule has 0 saturated heterocycles. The summed E-state index contributed by atoms with van der Waals surface area (Å²) < 4.78 is 7.64. The lowest BCUT2D eigenvalue weighted by atomic mass is 10.0. The fourth-order valence-electron chi connectivity index (χ4n) is 3.63. The number of ether oxygens (including phenoxy) is 1. The summed E-state index contributed by atoms with van der Waals surface area (Å²) in [6.07, 6.45) is 2.07. The van der Waals surface area contributed by atoms with Crippen molar-refractivity contribution in [1.29, 1.82) is 0 Å². The predicted octanol–water partition coefficient (Wildman–Crippen LogP) is 4.88. The summed E-state index contributed by atoms with van der Waals surface area (Å²) in [7, 11) is 1.85. The van der Waals surface area contributed by atoms with E-state index in [0.29, 0.717) is 28.0 Å². The lowest BCUT2D eigenvalue weighted by molar-refractivity contribution is 0.207. The molecule has 0 aliphatic heterocycles. The number of hydrogen-bond donors (Lipinski definition) is 1. The van der Waals surface area contributed by atoms with Gasteiger partial charge in [-0.25, -0.2) is 0 Å². The maximum absolute atomic E-state index is 11.1. The molecule has 4 nitrogen and oxygen atoms in total. The normalized spacial score (nSPS) is 14.2. The Kier molecular flexibility index (Phi) is 5.13. The van der Waals surface area contributed by atoms with Crippen molar-refractivity contribution in [3.05, 3.63) is 80.6 Å². The number of aromatic nitrogens is 2. The first-order chi connectivity index (χ1) is 13.0. The molecular weight excluding hydrogens is 383 g/mol. The minimum absolute atomic E-state index is 0.388. The second-order valence-electron chi connectivity index (χ2n) is 6.77. The molecule has 1 heterocycles. The number of nitrogens with zero attached hydrogens (tertiary/aromatic N) is 2. The van der Waals surface area contributed by atoms with E-state index in [1.165, 1.54) is 0 Å². The first-order valence-electron chi connectivity index (χ1n) is 8.93. The average molecular weight is 403 g/mol. The van der Waals surface area contributed by atoms with Crippen LogP contribution in [-0.2, 0) is 26.5 Å². The number of rotatable bonds is 5. The third-order valence-corrected chi connectivity index (χ3v) is 5.58. The van der Waals surface area contributed by atoms with Crippen molar-refractivity contribution in [3.63, 3.8) is 0 Å². The highest BCUT2D eigenvalue weighted by molar-refractivity contribution is 6.36. The maximum Gasteiger partial charge on any atom is 0.138 e. The van der Waals surface area contributed by atoms with E-state index in [9.17, 15) is 5.11 Å². The van der Waals surface area contributed by atoms with E-state index < -0.39 is 6.10 Å². The number of halogens is 2. The fraction of sp³-hybridized carbons (Fsp3) is 0.286. The third-order valence-electron chi connectivity index (χ3n) is 4.96. The van der Waals surface area contributed by atoms with E-state index >= 15 is 0 Å². The van der Waals surface area contributed by atoms with Crippen LogP contribution in [0.1, 0.15) is 40.6 Å². The summed E-state index contributed by atoms with van der Waals surface area (Å²) in [6.45, 7) is 0.388. The molecule has 1 N–H and O–H groups in total. The molecule has 4 rings (SSSR count). The van der Waals surface area contributed by atoms with Gasteiger partial charge in [0.05, 0.1) is 16.4 Å². The molecule has 1 atom stereocenters. The van der Waals surface area contributed by atoms with Gasteiger partial charge in [-0.3, -0.25) is 4.68 Å². The molecule has 1 unspecified atom stereocenters. The summed E-state index contributed by atoms with van der Waals surface area (Å²) >= 11 is 12.7. The van der Waals surface area contributed by atoms with E-state index in [2.05, 4.69) is 5.10 Å². The zero-order valence-corrected chi connectivity index (χ0v) is 16.5. The zero-order chi connectivity index (χ0) is 19.0. The molecule has 0 radical (unpaired) electrons. The molecule has 1 aliphatic carbocycles. The molecule has 1 aromatic heterocycles. The van der Waals surface area contributed by atoms with Crippen LogP contribution in [0.5, 0.6) is 5.75 Å². The molecule has 27 heavy (non-hydrogen) atoms. The van der Waals surface area contributed by atoms with E-state index in [1.807, 2.05) is 37.4 Å². The van der Waals surface area contributed by atoms with Crippen molar-refractivity contribution >= 4 is 23.2 Å². The number of fused-ring (bicyclic) bond motifs is 1. The van der Waals surface area contributed by atoms with Crippen LogP contribution >= 0.6 is 23.2 Å². The Balaban J connectivity index is 1.65. The molecule has 0 saturated carbocycles. The Hall–Kier alpha value is -2.01. The summed E-state index contributed by atoms with van der Waals surface area (Å²) in [6, 6.07) is 13.2. The first kappa shape index (κ1) is 18.4. The van der Waals surface area contributed by atoms with Crippen LogP contribution in [0, 0.1) is 0 Å². The fourth-order valence-corrected chi connectivity index (χ4v) is 4.17. The summed E-state index contributed by atoms with van der Waals surface area (Å²) in [5.41, 5.74) is 4.59. The zero-order valence-electron chi connectivity index (χ0n) is 15.0. The van der Waals surface area contributed by atoms with Crippen molar-refractivity contribution in [1.82, 2.24) is 9.78 Å². The Morgan fingerprint density at radius 2 is 1.93 bits per heavy atom. The van der Waals surface area contributed by atoms with E-state index in [4.69, 9.17) is 27.9 Å². The Morgan fingerprint density at radius 1 is 1.15 bits per heavy atom. The molecule has 0 spiro atoms. The van der Waals surface area contributed by atoms with Crippen molar-refractivity contribution in [2.75, 3.05) is 0 Å². The van der Waals surface area contributed by atoms with Gasteiger partial charge in [-0.2, -0.15) is 5.10 Å². The van der Waals surface area contributed by atoms with Gasteiger partial charge in [0, 0.05) is 17.6 Å². The van der Waals surface area contributed by atoms with Crippen LogP contribution < -0.4 is 4.74 Å². The molecule has 0 amide bonds. The second kappa shape index (κ2) is 7.55. The van der Waals surface area contributed by atoms with Gasteiger partial charge >= 0.3 is 0 Å². The van der Waals surface area contributed by atoms with Crippen LogP contribution in [0.2, 0.25) is 10.0 Å². The van der Waals surface area contributed by atoms with E-state index in [-0.39, 0.29) is 0 Å². The van der Waals surface area contributed by atoms with Gasteiger partial charge in [0.15, 0.2) is 0 Å². The minimum Gasteiger partial charge on any atom is -0.487 e. The summed E-state index contributed by atoms with van der Waals surface area (Å²) in [5.74, 6) is 0.498. The van der Waals surface area contributed by atoms with Crippen molar-refractivity contribution < 1.29 is 9.84 Å². The second-order valence-corrected chi connectivity index (χ2v) is 7.58. The monoisotopic (exact) mass is 402 g/mol. The first-order valence-corrected chi connectivity index (χ1v) is 9.68. The number of aliphatic hydroxyl groups is 1. The van der Waals surface area contributed by atoms with Gasteiger partial charge in [0.1, 0.15) is 18.5 Å². The molecule has 1 aliphatic rings. The quantitative estimate of drug-likeness (QED) is 0.661. The van der Waals surface area contributed by atoms with Crippen LogP contribution in [0.3, 0.4) is 0 Å². The average Bonchev–Trinajstić information content (AvgIpc) is 3.21. The Bertz CT molecular complexity index is 970. The van der Waals surface area contributed by atoms with Crippen molar-refractivity contribution in [3.8, 4) is 5.75 Å². The molecule has 0 fully saturated rings. The van der Waals surface area contributed by atoms with Crippen molar-refractivity contribution in [2.45, 2.75) is 32.0 Å². The lowest BCUT2D eigenvalue weighted by Gasteiger charge is -2.17. The number of aryl methyl sites for hydroxylation is 2. The highest BCUT2D eigenvalue weighted by Gasteiger charge is 2.28. The van der Waals surface area contributed by atoms with Crippen LogP contribution in [0.25, 0.3) is 0 Å². The van der Waals surface area contributed by atoms with Crippen LogP contribution in [0.4, 0.5) is 0 Å². The van der Waals surface area contributed by atoms with E-state index in [0.717, 1.165) is 41.8 Å². The maximum atomic E-state index is 11.1. The number of aliphatic hydroxyl groups excluding tert-OH is 1. The molecule has 140 valence electrons. The van der Waals surface area contributed by atoms with Crippen LogP contribution in [-0.4, -0.2) is 14.9 Å². The summed E-state index contributed by atoms with van der Waals surface area (Å²) in [5, 5.41) is 16.4. The SMILES string of the molecule is Cn1nc2c(c1C(O)c1cc(OCc3ccccc3)c(Cl)cc1Cl)CCC2. The topological polar surface area (TPSA) is 47.3 Å². The van der Waals surface area contributed by atoms with E-state index in [1.54, 1.807) is 16.8 Å². The standard InChI is InChI=1S/C21H20Cl2N2O2/c1-25-20(14-8-5-9-18(14)24-25)21(26)15-10-19(17(23)11-16(15)22)27-12-13-6-3-2-4-7-13/h2-4,6-7,10-11,21,26H,5,8-9,12H2,1H3. The molecule has 2 aromatic carbocycles. The van der Waals surface area contributed by atoms with Crippen molar-refractivity contribution in [2.24, 2.45) is 7.05 Å². The number of hydrogen-bond acceptors (Lipinski definition) is 3. The highest BCUT2D eigenvalue weighted by atomic mass is 35.5. The van der Waals surface area contributed by atoms with Gasteiger partial charge in [0.25, 0.3) is 0 Å². The smallest absolute Gasteiger partial charge is 0.138 e. The largest absolute Gasteiger partial charge is 0.487 e. The lowest BCUT2D eigenvalue weighted by Crippen LogP contribution is -2.10. The van der Waals surface area contributed by atoms with Gasteiger partial charge in [0.2, 0.25) is 0 Å². The van der Waals surface area contributed by atoms with Gasteiger partial charge in [-0.1, -0.05) is 53.5 Å². The minimum atomic E-state index is -0.881. The number of benzene rings is 2. The predicted molar refractivity (Wildman–Crippen MR) is 107 cm³/mol. The Labute approximate surface area is 168 Å². The molecular formula is C21H20Cl2N2O2.